The lowest BCUT2D eigenvalue weighted by molar-refractivity contribution is 0.0690. The van der Waals surface area contributed by atoms with Gasteiger partial charge in [-0.05, 0) is 17.7 Å². The summed E-state index contributed by atoms with van der Waals surface area (Å²) in [6.45, 7) is 0.962. The van der Waals surface area contributed by atoms with Crippen LogP contribution in [0.5, 0.6) is 5.75 Å². The molecule has 0 aliphatic carbocycles. The van der Waals surface area contributed by atoms with Crippen molar-refractivity contribution in [2.75, 3.05) is 25.1 Å². The molecule has 126 valence electrons. The maximum Gasteiger partial charge on any atom is 0.356 e. The third-order valence-electron chi connectivity index (χ3n) is 4.32. The topological polar surface area (TPSA) is 75.5 Å². The van der Waals surface area contributed by atoms with Crippen molar-refractivity contribution in [3.63, 3.8) is 0 Å². The average Bonchev–Trinajstić information content (AvgIpc) is 2.62. The van der Waals surface area contributed by atoms with Crippen LogP contribution >= 0.6 is 0 Å². The molecule has 0 atom stereocenters. The second kappa shape index (κ2) is 6.43. The molecule has 1 aliphatic heterocycles. The number of carboxylic acid groups (broad SMARTS) is 1. The smallest absolute Gasteiger partial charge is 0.356 e. The van der Waals surface area contributed by atoms with Crippen LogP contribution < -0.4 is 9.64 Å². The van der Waals surface area contributed by atoms with Crippen LogP contribution in [0.2, 0.25) is 0 Å². The summed E-state index contributed by atoms with van der Waals surface area (Å²) in [4.78, 5) is 20.7. The van der Waals surface area contributed by atoms with Gasteiger partial charge < -0.3 is 14.7 Å². The summed E-state index contributed by atoms with van der Waals surface area (Å²) >= 11 is 0. The van der Waals surface area contributed by atoms with Crippen LogP contribution in [0.1, 0.15) is 28.9 Å². The Bertz CT molecular complexity index is 728. The van der Waals surface area contributed by atoms with Gasteiger partial charge in [0.2, 0.25) is 0 Å². The lowest BCUT2D eigenvalue weighted by Gasteiger charge is -2.37. The van der Waals surface area contributed by atoms with Gasteiger partial charge in [-0.15, -0.1) is 0 Å². The van der Waals surface area contributed by atoms with Crippen LogP contribution in [0.25, 0.3) is 0 Å². The second-order valence-corrected chi connectivity index (χ2v) is 5.75. The second-order valence-electron chi connectivity index (χ2n) is 5.75. The first-order chi connectivity index (χ1) is 11.5. The summed E-state index contributed by atoms with van der Waals surface area (Å²) in [6, 6.07) is 7.09. The van der Waals surface area contributed by atoms with Crippen molar-refractivity contribution >= 4 is 11.8 Å². The first-order valence-electron chi connectivity index (χ1n) is 7.65. The standard InChI is InChI=1S/C17H18FN3O3/c1-24-13-4-2-3-12(9-13)17(18)5-7-21(8-6-17)15-11-19-14(10-20-15)16(22)23/h2-4,9-11H,5-8H2,1H3,(H,22,23). The molecule has 6 nitrogen and oxygen atoms in total. The fourth-order valence-corrected chi connectivity index (χ4v) is 2.88. The van der Waals surface area contributed by atoms with E-state index in [-0.39, 0.29) is 5.69 Å². The fourth-order valence-electron chi connectivity index (χ4n) is 2.88. The highest BCUT2D eigenvalue weighted by atomic mass is 19.1. The summed E-state index contributed by atoms with van der Waals surface area (Å²) < 4.78 is 20.5. The molecule has 3 rings (SSSR count). The van der Waals surface area contributed by atoms with Crippen molar-refractivity contribution in [1.29, 1.82) is 0 Å². The number of aromatic carboxylic acids is 1. The van der Waals surface area contributed by atoms with E-state index in [9.17, 15) is 4.79 Å². The van der Waals surface area contributed by atoms with Crippen LogP contribution in [0, 0.1) is 0 Å². The van der Waals surface area contributed by atoms with E-state index in [4.69, 9.17) is 9.84 Å². The predicted molar refractivity (Wildman–Crippen MR) is 86.2 cm³/mol. The minimum atomic E-state index is -1.40. The molecule has 0 unspecified atom stereocenters. The number of carboxylic acids is 1. The molecule has 1 aromatic heterocycles. The molecule has 1 fully saturated rings. The van der Waals surface area contributed by atoms with Gasteiger partial charge >= 0.3 is 5.97 Å². The van der Waals surface area contributed by atoms with Gasteiger partial charge in [0.25, 0.3) is 0 Å². The number of rotatable bonds is 4. The zero-order valence-corrected chi connectivity index (χ0v) is 13.3. The molecule has 0 bridgehead atoms. The SMILES string of the molecule is COc1cccc(C2(F)CCN(c3cnc(C(=O)O)cn3)CC2)c1. The number of hydrogen-bond acceptors (Lipinski definition) is 5. The number of aromatic nitrogens is 2. The van der Waals surface area contributed by atoms with E-state index in [0.29, 0.717) is 43.1 Å². The number of carbonyl (C=O) groups is 1. The molecule has 1 aliphatic rings. The lowest BCUT2D eigenvalue weighted by atomic mass is 9.86. The Balaban J connectivity index is 1.71. The highest BCUT2D eigenvalue weighted by molar-refractivity contribution is 5.84. The normalized spacial score (nSPS) is 16.7. The quantitative estimate of drug-likeness (QED) is 0.928. The van der Waals surface area contributed by atoms with Gasteiger partial charge in [0, 0.05) is 25.9 Å². The van der Waals surface area contributed by atoms with Gasteiger partial charge in [0.1, 0.15) is 17.2 Å². The highest BCUT2D eigenvalue weighted by Crippen LogP contribution is 2.38. The number of hydrogen-bond donors (Lipinski definition) is 1. The Morgan fingerprint density at radius 3 is 2.62 bits per heavy atom. The number of ether oxygens (including phenoxy) is 1. The molecule has 1 aromatic carbocycles. The monoisotopic (exact) mass is 331 g/mol. The number of alkyl halides is 1. The van der Waals surface area contributed by atoms with E-state index < -0.39 is 11.6 Å². The van der Waals surface area contributed by atoms with Crippen molar-refractivity contribution in [2.24, 2.45) is 0 Å². The third-order valence-corrected chi connectivity index (χ3v) is 4.32. The number of methoxy groups -OCH3 is 1. The summed E-state index contributed by atoms with van der Waals surface area (Å²) in [7, 11) is 1.56. The molecule has 0 spiro atoms. The Morgan fingerprint density at radius 2 is 2.04 bits per heavy atom. The van der Waals surface area contributed by atoms with Crippen molar-refractivity contribution in [3.8, 4) is 5.75 Å². The molecule has 1 N–H and O–H groups in total. The average molecular weight is 331 g/mol. The van der Waals surface area contributed by atoms with Crippen molar-refractivity contribution in [3.05, 3.63) is 47.9 Å². The van der Waals surface area contributed by atoms with E-state index in [1.165, 1.54) is 12.4 Å². The van der Waals surface area contributed by atoms with Gasteiger partial charge in [0.05, 0.1) is 19.5 Å². The number of anilines is 1. The van der Waals surface area contributed by atoms with Gasteiger partial charge in [-0.2, -0.15) is 0 Å². The Kier molecular flexibility index (Phi) is 4.33. The minimum Gasteiger partial charge on any atom is -0.497 e. The Hall–Kier alpha value is -2.70. The fraction of sp³-hybridized carbons (Fsp3) is 0.353. The molecular formula is C17H18FN3O3. The third kappa shape index (κ3) is 3.15. The molecular weight excluding hydrogens is 313 g/mol. The molecule has 7 heteroatoms. The van der Waals surface area contributed by atoms with E-state index >= 15 is 4.39 Å². The Labute approximate surface area is 138 Å². The zero-order chi connectivity index (χ0) is 17.2. The number of halogens is 1. The molecule has 1 saturated heterocycles. The van der Waals surface area contributed by atoms with Crippen LogP contribution in [0.3, 0.4) is 0 Å². The van der Waals surface area contributed by atoms with Gasteiger partial charge in [-0.3, -0.25) is 0 Å². The van der Waals surface area contributed by atoms with E-state index in [1.54, 1.807) is 31.4 Å². The molecule has 24 heavy (non-hydrogen) atoms. The number of benzene rings is 1. The summed E-state index contributed by atoms with van der Waals surface area (Å²) in [5.74, 6) is 0.0864. The first kappa shape index (κ1) is 16.2. The highest BCUT2D eigenvalue weighted by Gasteiger charge is 2.37. The maximum absolute atomic E-state index is 15.3. The van der Waals surface area contributed by atoms with Crippen LogP contribution in [-0.2, 0) is 5.67 Å². The lowest BCUT2D eigenvalue weighted by Crippen LogP contribution is -2.40. The first-order valence-corrected chi connectivity index (χ1v) is 7.65. The minimum absolute atomic E-state index is 0.105. The van der Waals surface area contributed by atoms with Gasteiger partial charge in [-0.25, -0.2) is 19.2 Å². The molecule has 2 heterocycles. The van der Waals surface area contributed by atoms with E-state index in [2.05, 4.69) is 9.97 Å². The van der Waals surface area contributed by atoms with E-state index in [1.807, 2.05) is 4.90 Å². The van der Waals surface area contributed by atoms with Gasteiger partial charge in [-0.1, -0.05) is 12.1 Å². The van der Waals surface area contributed by atoms with Crippen molar-refractivity contribution < 1.29 is 19.0 Å². The maximum atomic E-state index is 15.3. The molecule has 0 radical (unpaired) electrons. The number of piperidine rings is 1. The van der Waals surface area contributed by atoms with Crippen LogP contribution in [0.4, 0.5) is 10.2 Å². The molecule has 0 amide bonds. The summed E-state index contributed by atoms with van der Waals surface area (Å²) in [5.41, 5.74) is -0.889. The van der Waals surface area contributed by atoms with E-state index in [0.717, 1.165) is 0 Å². The molecule has 2 aromatic rings. The van der Waals surface area contributed by atoms with Gasteiger partial charge in [0.15, 0.2) is 5.69 Å². The summed E-state index contributed by atoms with van der Waals surface area (Å²) in [5, 5.41) is 8.85. The van der Waals surface area contributed by atoms with Crippen molar-refractivity contribution in [2.45, 2.75) is 18.5 Å². The molecule has 0 saturated carbocycles. The number of nitrogens with zero attached hydrogens (tertiary/aromatic N) is 3. The largest absolute Gasteiger partial charge is 0.497 e. The van der Waals surface area contributed by atoms with Crippen LogP contribution in [-0.4, -0.2) is 41.2 Å². The zero-order valence-electron chi connectivity index (χ0n) is 13.3. The van der Waals surface area contributed by atoms with Crippen LogP contribution in [0.15, 0.2) is 36.7 Å². The predicted octanol–water partition coefficient (Wildman–Crippen LogP) is 2.65. The Morgan fingerprint density at radius 1 is 1.29 bits per heavy atom. The summed E-state index contributed by atoms with van der Waals surface area (Å²) in [6.07, 6.45) is 3.28. The van der Waals surface area contributed by atoms with Crippen molar-refractivity contribution in [1.82, 2.24) is 9.97 Å².